The van der Waals surface area contributed by atoms with Crippen LogP contribution in [0.3, 0.4) is 0 Å². The van der Waals surface area contributed by atoms with Gasteiger partial charge in [0.15, 0.2) is 0 Å². The highest BCUT2D eigenvalue weighted by Crippen LogP contribution is 2.35. The third kappa shape index (κ3) is 1.72. The van der Waals surface area contributed by atoms with Crippen molar-refractivity contribution in [3.63, 3.8) is 0 Å². The van der Waals surface area contributed by atoms with Crippen LogP contribution in [-0.4, -0.2) is 4.98 Å². The maximum absolute atomic E-state index is 4.58. The summed E-state index contributed by atoms with van der Waals surface area (Å²) in [6.45, 7) is 0. The van der Waals surface area contributed by atoms with Crippen LogP contribution in [0.1, 0.15) is 0 Å². The molecule has 0 aliphatic rings. The first-order valence-electron chi connectivity index (χ1n) is 6.24. The van der Waals surface area contributed by atoms with Crippen molar-refractivity contribution in [2.24, 2.45) is 0 Å². The van der Waals surface area contributed by atoms with Gasteiger partial charge < -0.3 is 0 Å². The van der Waals surface area contributed by atoms with Crippen molar-refractivity contribution in [3.05, 3.63) is 66.9 Å². The van der Waals surface area contributed by atoms with Crippen LogP contribution < -0.4 is 0 Å². The predicted molar refractivity (Wildman–Crippen MR) is 82.6 cm³/mol. The number of hydrogen-bond acceptors (Lipinski definition) is 2. The number of nitrogens with zero attached hydrogens (tertiary/aromatic N) is 1. The Morgan fingerprint density at radius 3 is 2.47 bits per heavy atom. The van der Waals surface area contributed by atoms with Crippen LogP contribution in [0.5, 0.6) is 0 Å². The predicted octanol–water partition coefficient (Wildman–Crippen LogP) is 5.12. The van der Waals surface area contributed by atoms with Crippen LogP contribution in [-0.2, 0) is 0 Å². The summed E-state index contributed by atoms with van der Waals surface area (Å²) in [7, 11) is 0. The fourth-order valence-electron chi connectivity index (χ4n) is 2.41. The van der Waals surface area contributed by atoms with E-state index >= 15 is 0 Å². The lowest BCUT2D eigenvalue weighted by atomic mass is 10.1. The van der Waals surface area contributed by atoms with E-state index in [0.717, 1.165) is 5.69 Å². The highest BCUT2D eigenvalue weighted by molar-refractivity contribution is 7.22. The second kappa shape index (κ2) is 4.18. The molecule has 0 saturated carbocycles. The lowest BCUT2D eigenvalue weighted by Crippen LogP contribution is -1.82. The van der Waals surface area contributed by atoms with Crippen LogP contribution in [0, 0.1) is 0 Å². The molecule has 0 N–H and O–H groups in total. The Morgan fingerprint density at radius 1 is 0.789 bits per heavy atom. The zero-order valence-electron chi connectivity index (χ0n) is 10.2. The van der Waals surface area contributed by atoms with Gasteiger partial charge in [0.25, 0.3) is 0 Å². The Bertz CT molecular complexity index is 838. The maximum atomic E-state index is 4.58. The van der Waals surface area contributed by atoms with Crippen LogP contribution in [0.4, 0.5) is 0 Å². The van der Waals surface area contributed by atoms with Crippen LogP contribution in [0.25, 0.3) is 31.4 Å². The Hall–Kier alpha value is -2.19. The zero-order valence-corrected chi connectivity index (χ0v) is 11.0. The molecule has 19 heavy (non-hydrogen) atoms. The molecular formula is C17H11NS. The molecule has 4 rings (SSSR count). The molecule has 0 bridgehead atoms. The quantitative estimate of drug-likeness (QED) is 0.463. The van der Waals surface area contributed by atoms with E-state index in [-0.39, 0.29) is 0 Å². The number of aromatic nitrogens is 1. The van der Waals surface area contributed by atoms with E-state index in [1.165, 1.54) is 25.7 Å². The van der Waals surface area contributed by atoms with Crippen molar-refractivity contribution in [2.45, 2.75) is 0 Å². The van der Waals surface area contributed by atoms with E-state index in [9.17, 15) is 0 Å². The number of hydrogen-bond donors (Lipinski definition) is 0. The van der Waals surface area contributed by atoms with Crippen LogP contribution >= 0.6 is 11.3 Å². The van der Waals surface area contributed by atoms with Gasteiger partial charge in [0.05, 0.1) is 10.6 Å². The van der Waals surface area contributed by atoms with E-state index in [1.807, 2.05) is 6.20 Å². The highest BCUT2D eigenvalue weighted by atomic mass is 32.1. The second-order valence-corrected chi connectivity index (χ2v) is 5.61. The van der Waals surface area contributed by atoms with Crippen molar-refractivity contribution in [3.8, 4) is 10.6 Å². The number of pyridine rings is 1. The van der Waals surface area contributed by atoms with Crippen molar-refractivity contribution in [2.75, 3.05) is 0 Å². The Labute approximate surface area is 115 Å². The van der Waals surface area contributed by atoms with Gasteiger partial charge in [-0.05, 0) is 29.0 Å². The second-order valence-electron chi connectivity index (χ2n) is 4.53. The average molecular weight is 261 g/mol. The number of rotatable bonds is 1. The van der Waals surface area contributed by atoms with Gasteiger partial charge in [0, 0.05) is 16.3 Å². The van der Waals surface area contributed by atoms with Gasteiger partial charge in [-0.3, -0.25) is 4.98 Å². The third-order valence-electron chi connectivity index (χ3n) is 3.33. The third-order valence-corrected chi connectivity index (χ3v) is 4.46. The van der Waals surface area contributed by atoms with Gasteiger partial charge >= 0.3 is 0 Å². The Kier molecular flexibility index (Phi) is 2.35. The van der Waals surface area contributed by atoms with Crippen LogP contribution in [0.2, 0.25) is 0 Å². The molecule has 0 unspecified atom stereocenters. The van der Waals surface area contributed by atoms with E-state index in [4.69, 9.17) is 0 Å². The van der Waals surface area contributed by atoms with E-state index in [1.54, 1.807) is 11.3 Å². The van der Waals surface area contributed by atoms with Crippen molar-refractivity contribution in [1.82, 2.24) is 4.98 Å². The fourth-order valence-corrected chi connectivity index (χ4v) is 3.49. The molecule has 4 aromatic rings. The molecule has 0 saturated heterocycles. The van der Waals surface area contributed by atoms with Crippen molar-refractivity contribution >= 4 is 32.2 Å². The topological polar surface area (TPSA) is 12.9 Å². The first-order valence-corrected chi connectivity index (χ1v) is 7.06. The minimum absolute atomic E-state index is 1.08. The fraction of sp³-hybridized carbons (Fsp3) is 0. The first kappa shape index (κ1) is 10.7. The molecular weight excluding hydrogens is 250 g/mol. The summed E-state index contributed by atoms with van der Waals surface area (Å²) >= 11 is 1.80. The van der Waals surface area contributed by atoms with Crippen molar-refractivity contribution < 1.29 is 0 Å². The van der Waals surface area contributed by atoms with Gasteiger partial charge in [-0.2, -0.15) is 0 Å². The number of thiophene rings is 1. The molecule has 90 valence electrons. The summed E-state index contributed by atoms with van der Waals surface area (Å²) < 4.78 is 1.31. The molecule has 0 fully saturated rings. The molecule has 0 amide bonds. The zero-order chi connectivity index (χ0) is 12.7. The lowest BCUT2D eigenvalue weighted by molar-refractivity contribution is 1.37. The summed E-state index contributed by atoms with van der Waals surface area (Å²) in [6.07, 6.45) is 1.89. The molecule has 0 aliphatic carbocycles. The Balaban J connectivity index is 2.03. The van der Waals surface area contributed by atoms with Gasteiger partial charge in [-0.25, -0.2) is 0 Å². The van der Waals surface area contributed by atoms with E-state index in [2.05, 4.69) is 65.6 Å². The minimum Gasteiger partial charge on any atom is -0.255 e. The molecule has 0 radical (unpaired) electrons. The summed E-state index contributed by atoms with van der Waals surface area (Å²) in [5.41, 5.74) is 1.08. The SMILES string of the molecule is c1ccc2sc(-c3nccc4ccccc34)cc2c1. The number of benzene rings is 2. The molecule has 2 aromatic carbocycles. The van der Waals surface area contributed by atoms with E-state index < -0.39 is 0 Å². The molecule has 0 spiro atoms. The lowest BCUT2D eigenvalue weighted by Gasteiger charge is -2.02. The summed E-state index contributed by atoms with van der Waals surface area (Å²) in [6, 6.07) is 21.2. The van der Waals surface area contributed by atoms with Crippen molar-refractivity contribution in [1.29, 1.82) is 0 Å². The molecule has 1 nitrogen and oxygen atoms in total. The normalized spacial score (nSPS) is 11.2. The maximum Gasteiger partial charge on any atom is 0.0880 e. The molecule has 0 atom stereocenters. The van der Waals surface area contributed by atoms with Gasteiger partial charge in [-0.15, -0.1) is 11.3 Å². The average Bonchev–Trinajstić information content (AvgIpc) is 2.90. The minimum atomic E-state index is 1.08. The highest BCUT2D eigenvalue weighted by Gasteiger charge is 2.08. The van der Waals surface area contributed by atoms with E-state index in [0.29, 0.717) is 0 Å². The van der Waals surface area contributed by atoms with Gasteiger partial charge in [-0.1, -0.05) is 42.5 Å². The monoisotopic (exact) mass is 261 g/mol. The first-order chi connectivity index (χ1) is 9.42. The molecule has 2 aromatic heterocycles. The Morgan fingerprint density at radius 2 is 1.58 bits per heavy atom. The summed E-state index contributed by atoms with van der Waals surface area (Å²) in [5, 5.41) is 3.75. The number of fused-ring (bicyclic) bond motifs is 2. The van der Waals surface area contributed by atoms with Gasteiger partial charge in [0.2, 0.25) is 0 Å². The smallest absolute Gasteiger partial charge is 0.0880 e. The molecule has 2 heteroatoms. The molecule has 0 aliphatic heterocycles. The summed E-state index contributed by atoms with van der Waals surface area (Å²) in [5.74, 6) is 0. The largest absolute Gasteiger partial charge is 0.255 e. The van der Waals surface area contributed by atoms with Gasteiger partial charge in [0.1, 0.15) is 0 Å². The van der Waals surface area contributed by atoms with Crippen LogP contribution in [0.15, 0.2) is 66.9 Å². The molecule has 2 heterocycles. The summed E-state index contributed by atoms with van der Waals surface area (Å²) in [4.78, 5) is 5.82. The standard InChI is InChI=1S/C17H11NS/c1-3-7-14-12(5-1)9-10-18-17(14)16-11-13-6-2-4-8-15(13)19-16/h1-11H.